The van der Waals surface area contributed by atoms with Gasteiger partial charge in [-0.05, 0) is 45.0 Å². The molecule has 0 heterocycles. The average molecular weight is 363 g/mol. The average Bonchev–Trinajstić information content (AvgIpc) is 2.58. The van der Waals surface area contributed by atoms with Crippen LogP contribution in [0, 0.1) is 0 Å². The second-order valence-corrected chi connectivity index (χ2v) is 5.27. The van der Waals surface area contributed by atoms with Crippen molar-refractivity contribution >= 4 is 29.5 Å². The van der Waals surface area contributed by atoms with Crippen LogP contribution in [-0.2, 0) is 28.6 Å². The Morgan fingerprint density at radius 2 is 1.58 bits per heavy atom. The molecule has 0 unspecified atom stereocenters. The Hall–Kier alpha value is -3.16. The van der Waals surface area contributed by atoms with Gasteiger partial charge in [-0.1, -0.05) is 0 Å². The number of anilines is 1. The number of amides is 1. The van der Waals surface area contributed by atoms with E-state index in [1.807, 2.05) is 0 Å². The molecule has 0 aliphatic heterocycles. The first-order valence-electron chi connectivity index (χ1n) is 7.94. The van der Waals surface area contributed by atoms with Crippen molar-refractivity contribution in [3.05, 3.63) is 42.0 Å². The molecular formula is C18H21NO7. The number of esters is 3. The molecule has 1 aromatic carbocycles. The molecule has 26 heavy (non-hydrogen) atoms. The molecule has 0 saturated heterocycles. The summed E-state index contributed by atoms with van der Waals surface area (Å²) in [7, 11) is 0. The largest absolute Gasteiger partial charge is 0.463 e. The smallest absolute Gasteiger partial charge is 0.338 e. The number of carbonyl (C=O) groups is 4. The van der Waals surface area contributed by atoms with Crippen LogP contribution in [0.25, 0.3) is 0 Å². The van der Waals surface area contributed by atoms with Crippen LogP contribution in [0.15, 0.2) is 36.4 Å². The van der Waals surface area contributed by atoms with Crippen molar-refractivity contribution in [2.45, 2.75) is 26.9 Å². The van der Waals surface area contributed by atoms with Gasteiger partial charge in [0.2, 0.25) is 0 Å². The number of hydrogen-bond acceptors (Lipinski definition) is 7. The molecule has 0 spiro atoms. The van der Waals surface area contributed by atoms with Gasteiger partial charge in [0.1, 0.15) is 0 Å². The highest BCUT2D eigenvalue weighted by molar-refractivity contribution is 5.96. The van der Waals surface area contributed by atoms with Crippen molar-refractivity contribution in [1.82, 2.24) is 0 Å². The third-order valence-corrected chi connectivity index (χ3v) is 2.73. The molecule has 0 aromatic heterocycles. The zero-order chi connectivity index (χ0) is 19.5. The lowest BCUT2D eigenvalue weighted by Gasteiger charge is -2.09. The van der Waals surface area contributed by atoms with Crippen LogP contribution in [0.3, 0.4) is 0 Å². The van der Waals surface area contributed by atoms with Crippen LogP contribution < -0.4 is 5.32 Å². The molecule has 0 saturated carbocycles. The summed E-state index contributed by atoms with van der Waals surface area (Å²) in [5, 5.41) is 2.51. The maximum Gasteiger partial charge on any atom is 0.338 e. The van der Waals surface area contributed by atoms with Crippen LogP contribution in [0.5, 0.6) is 0 Å². The number of benzene rings is 1. The van der Waals surface area contributed by atoms with E-state index in [1.165, 1.54) is 24.3 Å². The molecule has 0 bridgehead atoms. The minimum atomic E-state index is -0.847. The summed E-state index contributed by atoms with van der Waals surface area (Å²) in [6.45, 7) is 4.79. The predicted octanol–water partition coefficient (Wildman–Crippen LogP) is 1.85. The molecule has 8 nitrogen and oxygen atoms in total. The monoisotopic (exact) mass is 363 g/mol. The van der Waals surface area contributed by atoms with Crippen molar-refractivity contribution in [1.29, 1.82) is 0 Å². The maximum absolute atomic E-state index is 11.7. The fourth-order valence-electron chi connectivity index (χ4n) is 1.68. The molecule has 8 heteroatoms. The third kappa shape index (κ3) is 8.09. The first kappa shape index (κ1) is 20.9. The SMILES string of the molecule is CCOC(=O)/C=C/C(=O)OCC(=O)Nc1ccc(C(=O)OC(C)C)cc1. The van der Waals surface area contributed by atoms with Crippen molar-refractivity contribution in [3.8, 4) is 0 Å². The van der Waals surface area contributed by atoms with Crippen molar-refractivity contribution in [2.75, 3.05) is 18.5 Å². The minimum Gasteiger partial charge on any atom is -0.463 e. The maximum atomic E-state index is 11.7. The molecule has 1 aromatic rings. The molecule has 0 fully saturated rings. The van der Waals surface area contributed by atoms with E-state index in [4.69, 9.17) is 9.47 Å². The molecule has 1 rings (SSSR count). The van der Waals surface area contributed by atoms with E-state index < -0.39 is 30.4 Å². The molecule has 140 valence electrons. The molecule has 0 aliphatic rings. The van der Waals surface area contributed by atoms with Gasteiger partial charge in [0.05, 0.1) is 18.3 Å². The van der Waals surface area contributed by atoms with E-state index in [9.17, 15) is 19.2 Å². The summed E-state index contributed by atoms with van der Waals surface area (Å²) in [6, 6.07) is 6.07. The van der Waals surface area contributed by atoms with Crippen LogP contribution >= 0.6 is 0 Å². The summed E-state index contributed by atoms with van der Waals surface area (Å²) in [4.78, 5) is 45.8. The standard InChI is InChI=1S/C18H21NO7/c1-4-24-16(21)9-10-17(22)25-11-15(20)19-14-7-5-13(6-8-14)18(23)26-12(2)3/h5-10,12H,4,11H2,1-3H3,(H,19,20)/b10-9+. The van der Waals surface area contributed by atoms with Gasteiger partial charge in [-0.25, -0.2) is 14.4 Å². The van der Waals surface area contributed by atoms with E-state index in [0.29, 0.717) is 11.3 Å². The third-order valence-electron chi connectivity index (χ3n) is 2.73. The van der Waals surface area contributed by atoms with Gasteiger partial charge in [-0.3, -0.25) is 4.79 Å². The summed E-state index contributed by atoms with van der Waals surface area (Å²) < 4.78 is 14.3. The Bertz CT molecular complexity index is 677. The Labute approximate surface area is 151 Å². The molecule has 1 amide bonds. The van der Waals surface area contributed by atoms with Gasteiger partial charge in [-0.2, -0.15) is 0 Å². The number of carbonyl (C=O) groups excluding carboxylic acids is 4. The first-order chi connectivity index (χ1) is 12.3. The molecule has 0 aliphatic carbocycles. The number of rotatable bonds is 8. The van der Waals surface area contributed by atoms with Gasteiger partial charge < -0.3 is 19.5 Å². The fourth-order valence-corrected chi connectivity index (χ4v) is 1.68. The predicted molar refractivity (Wildman–Crippen MR) is 92.4 cm³/mol. The van der Waals surface area contributed by atoms with E-state index in [1.54, 1.807) is 20.8 Å². The van der Waals surface area contributed by atoms with Crippen molar-refractivity contribution in [2.24, 2.45) is 0 Å². The lowest BCUT2D eigenvalue weighted by molar-refractivity contribution is -0.143. The summed E-state index contributed by atoms with van der Waals surface area (Å²) in [5.74, 6) is -2.55. The first-order valence-corrected chi connectivity index (χ1v) is 7.94. The van der Waals surface area contributed by atoms with Crippen LogP contribution in [0.2, 0.25) is 0 Å². The van der Waals surface area contributed by atoms with Crippen molar-refractivity contribution in [3.63, 3.8) is 0 Å². The van der Waals surface area contributed by atoms with Gasteiger partial charge >= 0.3 is 17.9 Å². The topological polar surface area (TPSA) is 108 Å². The van der Waals surface area contributed by atoms with Gasteiger partial charge in [0.15, 0.2) is 6.61 Å². The molecular weight excluding hydrogens is 342 g/mol. The zero-order valence-electron chi connectivity index (χ0n) is 14.8. The second kappa shape index (κ2) is 10.7. The van der Waals surface area contributed by atoms with Crippen LogP contribution in [0.4, 0.5) is 5.69 Å². The van der Waals surface area contributed by atoms with Crippen LogP contribution in [-0.4, -0.2) is 43.1 Å². The summed E-state index contributed by atoms with van der Waals surface area (Å²) in [5.41, 5.74) is 0.779. The number of ether oxygens (including phenoxy) is 3. The van der Waals surface area contributed by atoms with Crippen molar-refractivity contribution < 1.29 is 33.4 Å². The lowest BCUT2D eigenvalue weighted by Crippen LogP contribution is -2.20. The Kier molecular flexibility index (Phi) is 8.56. The highest BCUT2D eigenvalue weighted by atomic mass is 16.5. The highest BCUT2D eigenvalue weighted by Crippen LogP contribution is 2.11. The second-order valence-electron chi connectivity index (χ2n) is 5.27. The normalized spacial score (nSPS) is 10.5. The van der Waals surface area contributed by atoms with Crippen LogP contribution in [0.1, 0.15) is 31.1 Å². The highest BCUT2D eigenvalue weighted by Gasteiger charge is 2.10. The minimum absolute atomic E-state index is 0.189. The van der Waals surface area contributed by atoms with Gasteiger partial charge in [0, 0.05) is 17.8 Å². The molecule has 0 atom stereocenters. The van der Waals surface area contributed by atoms with E-state index in [-0.39, 0.29) is 12.7 Å². The number of hydrogen-bond donors (Lipinski definition) is 1. The summed E-state index contributed by atoms with van der Waals surface area (Å²) >= 11 is 0. The van der Waals surface area contributed by atoms with E-state index >= 15 is 0 Å². The zero-order valence-corrected chi connectivity index (χ0v) is 14.8. The lowest BCUT2D eigenvalue weighted by atomic mass is 10.2. The Balaban J connectivity index is 2.44. The van der Waals surface area contributed by atoms with Gasteiger partial charge in [0.25, 0.3) is 5.91 Å². The quantitative estimate of drug-likeness (QED) is 0.426. The Morgan fingerprint density at radius 1 is 1.00 bits per heavy atom. The molecule has 1 N–H and O–H groups in total. The Morgan fingerprint density at radius 3 is 2.12 bits per heavy atom. The summed E-state index contributed by atoms with van der Waals surface area (Å²) in [6.07, 6.45) is 1.56. The number of nitrogens with one attached hydrogen (secondary N) is 1. The van der Waals surface area contributed by atoms with E-state index in [0.717, 1.165) is 12.2 Å². The van der Waals surface area contributed by atoms with Gasteiger partial charge in [-0.15, -0.1) is 0 Å². The van der Waals surface area contributed by atoms with E-state index in [2.05, 4.69) is 10.1 Å². The molecule has 0 radical (unpaired) electrons. The fraction of sp³-hybridized carbons (Fsp3) is 0.333.